The summed E-state index contributed by atoms with van der Waals surface area (Å²) in [5.74, 6) is 1.44. The smallest absolute Gasteiger partial charge is 0.126 e. The topological polar surface area (TPSA) is 29.5 Å². The van der Waals surface area contributed by atoms with Crippen LogP contribution in [0.3, 0.4) is 0 Å². The van der Waals surface area contributed by atoms with E-state index >= 15 is 0 Å². The number of aryl methyl sites for hydroxylation is 1. The second kappa shape index (κ2) is 13.3. The Kier molecular flexibility index (Phi) is 11.1. The second-order valence-corrected chi connectivity index (χ2v) is 10.0. The summed E-state index contributed by atoms with van der Waals surface area (Å²) < 4.78 is 6.49. The van der Waals surface area contributed by atoms with Crippen LogP contribution in [0, 0.1) is 13.8 Å². The van der Waals surface area contributed by atoms with Gasteiger partial charge in [0.1, 0.15) is 17.1 Å². The Hall–Kier alpha value is -1.18. The number of ether oxygens (including phenoxy) is 1. The van der Waals surface area contributed by atoms with Gasteiger partial charge in [0.05, 0.1) is 0 Å². The minimum absolute atomic E-state index is 0.0434. The van der Waals surface area contributed by atoms with Gasteiger partial charge in [-0.3, -0.25) is 0 Å². The standard InChI is InChI=1S/C28H48O2/c1-5-6-7-8-9-10-11-12-13-14-15-16-17-18-20-28(4)21-19-25-24(3)26(29)22-23(2)27(25)30-28/h22,29H,5-21H2,1-4H3. The first-order valence-electron chi connectivity index (χ1n) is 13.0. The van der Waals surface area contributed by atoms with Crippen LogP contribution < -0.4 is 4.74 Å². The molecular weight excluding hydrogens is 368 g/mol. The van der Waals surface area contributed by atoms with Crippen LogP contribution in [0.25, 0.3) is 0 Å². The summed E-state index contributed by atoms with van der Waals surface area (Å²) in [6.07, 6.45) is 22.9. The van der Waals surface area contributed by atoms with Crippen LogP contribution in [0.4, 0.5) is 0 Å². The Morgan fingerprint density at radius 1 is 0.833 bits per heavy atom. The minimum Gasteiger partial charge on any atom is -0.508 e. The monoisotopic (exact) mass is 416 g/mol. The molecular formula is C28H48O2. The number of hydrogen-bond acceptors (Lipinski definition) is 2. The number of phenols is 1. The average molecular weight is 417 g/mol. The number of unbranched alkanes of at least 4 members (excludes halogenated alkanes) is 13. The number of fused-ring (bicyclic) bond motifs is 1. The van der Waals surface area contributed by atoms with E-state index in [4.69, 9.17) is 4.74 Å². The normalized spacial score (nSPS) is 18.3. The Labute approximate surface area is 186 Å². The zero-order chi connectivity index (χ0) is 21.8. The Morgan fingerprint density at radius 2 is 1.33 bits per heavy atom. The predicted molar refractivity (Wildman–Crippen MR) is 130 cm³/mol. The molecule has 1 heterocycles. The molecule has 1 atom stereocenters. The van der Waals surface area contributed by atoms with E-state index in [1.54, 1.807) is 0 Å². The minimum atomic E-state index is -0.0434. The van der Waals surface area contributed by atoms with Gasteiger partial charge in [-0.25, -0.2) is 0 Å². The highest BCUT2D eigenvalue weighted by atomic mass is 16.5. The third kappa shape index (κ3) is 8.16. The second-order valence-electron chi connectivity index (χ2n) is 10.0. The van der Waals surface area contributed by atoms with Crippen molar-refractivity contribution in [1.82, 2.24) is 0 Å². The van der Waals surface area contributed by atoms with Crippen molar-refractivity contribution in [2.75, 3.05) is 0 Å². The van der Waals surface area contributed by atoms with Gasteiger partial charge >= 0.3 is 0 Å². The molecule has 172 valence electrons. The van der Waals surface area contributed by atoms with Gasteiger partial charge < -0.3 is 9.84 Å². The van der Waals surface area contributed by atoms with E-state index in [-0.39, 0.29) is 5.60 Å². The summed E-state index contributed by atoms with van der Waals surface area (Å²) in [6, 6.07) is 1.85. The first kappa shape index (κ1) is 25.1. The van der Waals surface area contributed by atoms with Gasteiger partial charge in [-0.2, -0.15) is 0 Å². The van der Waals surface area contributed by atoms with Crippen molar-refractivity contribution >= 4 is 0 Å². The maximum atomic E-state index is 10.1. The number of benzene rings is 1. The first-order chi connectivity index (χ1) is 14.5. The highest BCUT2D eigenvalue weighted by molar-refractivity contribution is 5.53. The van der Waals surface area contributed by atoms with E-state index in [0.717, 1.165) is 36.1 Å². The third-order valence-electron chi connectivity index (χ3n) is 7.13. The van der Waals surface area contributed by atoms with Crippen molar-refractivity contribution in [3.05, 3.63) is 22.8 Å². The van der Waals surface area contributed by atoms with Gasteiger partial charge in [0, 0.05) is 5.56 Å². The fraction of sp³-hybridized carbons (Fsp3) is 0.786. The van der Waals surface area contributed by atoms with Gasteiger partial charge in [0.2, 0.25) is 0 Å². The molecule has 0 bridgehead atoms. The van der Waals surface area contributed by atoms with E-state index in [1.165, 1.54) is 95.5 Å². The van der Waals surface area contributed by atoms with E-state index in [9.17, 15) is 5.11 Å². The van der Waals surface area contributed by atoms with Crippen LogP contribution >= 0.6 is 0 Å². The van der Waals surface area contributed by atoms with Gasteiger partial charge in [-0.15, -0.1) is 0 Å². The lowest BCUT2D eigenvalue weighted by atomic mass is 9.85. The number of hydrogen-bond donors (Lipinski definition) is 1. The third-order valence-corrected chi connectivity index (χ3v) is 7.13. The van der Waals surface area contributed by atoms with Crippen molar-refractivity contribution in [2.45, 2.75) is 142 Å². The van der Waals surface area contributed by atoms with Crippen molar-refractivity contribution in [3.8, 4) is 11.5 Å². The largest absolute Gasteiger partial charge is 0.508 e. The summed E-state index contributed by atoms with van der Waals surface area (Å²) in [5.41, 5.74) is 3.23. The average Bonchev–Trinajstić information content (AvgIpc) is 2.72. The van der Waals surface area contributed by atoms with E-state index in [1.807, 2.05) is 13.0 Å². The number of phenolic OH excluding ortho intramolecular Hbond substituents is 1. The zero-order valence-electron chi connectivity index (χ0n) is 20.5. The molecule has 0 aromatic heterocycles. The molecule has 0 spiro atoms. The molecule has 0 radical (unpaired) electrons. The Bertz CT molecular complexity index is 622. The van der Waals surface area contributed by atoms with Crippen LogP contribution in [0.5, 0.6) is 11.5 Å². The van der Waals surface area contributed by atoms with E-state index in [2.05, 4.69) is 20.8 Å². The molecule has 1 N–H and O–H groups in total. The molecule has 1 aliphatic rings. The molecule has 0 saturated heterocycles. The highest BCUT2D eigenvalue weighted by Crippen LogP contribution is 2.42. The van der Waals surface area contributed by atoms with Gasteiger partial charge in [-0.1, -0.05) is 90.4 Å². The SMILES string of the molecule is CCCCCCCCCCCCCCCCC1(C)CCc2c(C)c(O)cc(C)c2O1. The molecule has 0 fully saturated rings. The molecule has 2 rings (SSSR count). The lowest BCUT2D eigenvalue weighted by molar-refractivity contribution is 0.0522. The van der Waals surface area contributed by atoms with Crippen LogP contribution in [-0.2, 0) is 6.42 Å². The van der Waals surface area contributed by atoms with Crippen LogP contribution in [0.15, 0.2) is 6.07 Å². The van der Waals surface area contributed by atoms with E-state index in [0.29, 0.717) is 5.75 Å². The quantitative estimate of drug-likeness (QED) is 0.289. The molecule has 0 aliphatic carbocycles. The van der Waals surface area contributed by atoms with Crippen molar-refractivity contribution in [2.24, 2.45) is 0 Å². The molecule has 2 heteroatoms. The Balaban J connectivity index is 1.52. The van der Waals surface area contributed by atoms with Crippen molar-refractivity contribution < 1.29 is 9.84 Å². The first-order valence-corrected chi connectivity index (χ1v) is 13.0. The van der Waals surface area contributed by atoms with Crippen LogP contribution in [0.1, 0.15) is 133 Å². The van der Waals surface area contributed by atoms with Crippen molar-refractivity contribution in [1.29, 1.82) is 0 Å². The van der Waals surface area contributed by atoms with Gasteiger partial charge in [-0.05, 0) is 63.6 Å². The molecule has 0 amide bonds. The zero-order valence-corrected chi connectivity index (χ0v) is 20.5. The fourth-order valence-corrected chi connectivity index (χ4v) is 4.94. The maximum absolute atomic E-state index is 10.1. The molecule has 1 aliphatic heterocycles. The maximum Gasteiger partial charge on any atom is 0.126 e. The van der Waals surface area contributed by atoms with Gasteiger partial charge in [0.15, 0.2) is 0 Å². The fourth-order valence-electron chi connectivity index (χ4n) is 4.94. The summed E-state index contributed by atoms with van der Waals surface area (Å²) in [4.78, 5) is 0. The summed E-state index contributed by atoms with van der Waals surface area (Å²) >= 11 is 0. The van der Waals surface area contributed by atoms with E-state index < -0.39 is 0 Å². The Morgan fingerprint density at radius 3 is 1.87 bits per heavy atom. The van der Waals surface area contributed by atoms with Crippen molar-refractivity contribution in [3.63, 3.8) is 0 Å². The lowest BCUT2D eigenvalue weighted by Gasteiger charge is -2.37. The highest BCUT2D eigenvalue weighted by Gasteiger charge is 2.33. The number of aromatic hydroxyl groups is 1. The molecule has 2 nitrogen and oxygen atoms in total. The summed E-state index contributed by atoms with van der Waals surface area (Å²) in [5, 5.41) is 10.1. The van der Waals surface area contributed by atoms with Crippen LogP contribution in [-0.4, -0.2) is 10.7 Å². The molecule has 1 aromatic rings. The van der Waals surface area contributed by atoms with Gasteiger partial charge in [0.25, 0.3) is 0 Å². The lowest BCUT2D eigenvalue weighted by Crippen LogP contribution is -2.36. The molecule has 1 unspecified atom stereocenters. The summed E-state index contributed by atoms with van der Waals surface area (Å²) in [6.45, 7) is 8.63. The number of rotatable bonds is 15. The summed E-state index contributed by atoms with van der Waals surface area (Å²) in [7, 11) is 0. The molecule has 0 saturated carbocycles. The molecule has 30 heavy (non-hydrogen) atoms. The van der Waals surface area contributed by atoms with Crippen LogP contribution in [0.2, 0.25) is 0 Å². The predicted octanol–water partition coefficient (Wildman–Crippen LogP) is 8.96. The molecule has 1 aromatic carbocycles.